The molecule has 1 aromatic heterocycles. The molecule has 62 heavy (non-hydrogen) atoms. The van der Waals surface area contributed by atoms with E-state index in [0.717, 1.165) is 47.9 Å². The molecule has 0 spiro atoms. The quantitative estimate of drug-likeness (QED) is 0.190. The number of benzene rings is 2. The monoisotopic (exact) mass is 887 g/mol. The first-order chi connectivity index (χ1) is 29.7. The maximum absolute atomic E-state index is 15.1. The molecule has 5 atom stereocenters. The maximum Gasteiger partial charge on any atom is 0.407 e. The largest absolute Gasteiger partial charge is 0.496 e. The number of sulfonamides is 1. The summed E-state index contributed by atoms with van der Waals surface area (Å²) in [5.41, 5.74) is -0.328. The van der Waals surface area contributed by atoms with Gasteiger partial charge in [0.1, 0.15) is 40.3 Å². The zero-order valence-electron chi connectivity index (χ0n) is 35.7. The Balaban J connectivity index is 1.18. The summed E-state index contributed by atoms with van der Waals surface area (Å²) in [6.45, 7) is 8.05. The summed E-state index contributed by atoms with van der Waals surface area (Å²) in [6, 6.07) is 13.6. The third-order valence-electron chi connectivity index (χ3n) is 13.1. The summed E-state index contributed by atoms with van der Waals surface area (Å²) < 4.78 is 46.6. The van der Waals surface area contributed by atoms with Gasteiger partial charge in [-0.3, -0.25) is 19.1 Å². The fraction of sp³-hybridized carbons (Fsp3) is 0.543. The Bertz CT molecular complexity index is 2330. The van der Waals surface area contributed by atoms with E-state index in [2.05, 4.69) is 21.9 Å². The van der Waals surface area contributed by atoms with E-state index in [4.69, 9.17) is 19.2 Å². The zero-order valence-corrected chi connectivity index (χ0v) is 37.3. The Morgan fingerprint density at radius 3 is 2.50 bits per heavy atom. The van der Waals surface area contributed by atoms with E-state index in [9.17, 15) is 22.8 Å². The number of fused-ring (bicyclic) bond motifs is 3. The fourth-order valence-electron chi connectivity index (χ4n) is 9.25. The van der Waals surface area contributed by atoms with Gasteiger partial charge in [-0.05, 0) is 86.5 Å². The number of pyridine rings is 1. The van der Waals surface area contributed by atoms with Crippen LogP contribution in [0, 0.1) is 17.3 Å². The van der Waals surface area contributed by atoms with Crippen molar-refractivity contribution < 1.29 is 41.8 Å². The topological polar surface area (TPSA) is 182 Å². The van der Waals surface area contributed by atoms with Crippen molar-refractivity contribution in [1.82, 2.24) is 25.2 Å². The van der Waals surface area contributed by atoms with Crippen molar-refractivity contribution in [2.75, 3.05) is 20.3 Å². The number of methoxy groups -OCH3 is 1. The molecule has 3 saturated carbocycles. The van der Waals surface area contributed by atoms with E-state index in [1.54, 1.807) is 7.11 Å². The van der Waals surface area contributed by atoms with Gasteiger partial charge >= 0.3 is 6.09 Å². The smallest absolute Gasteiger partial charge is 0.407 e. The van der Waals surface area contributed by atoms with Gasteiger partial charge in [0, 0.05) is 34.8 Å². The predicted octanol–water partition coefficient (Wildman–Crippen LogP) is 6.45. The number of cyclic esters (lactones) is 1. The van der Waals surface area contributed by atoms with Crippen LogP contribution in [0.5, 0.6) is 11.5 Å². The van der Waals surface area contributed by atoms with Crippen LogP contribution in [0.1, 0.15) is 90.0 Å². The number of carbonyl (C=O) groups is 4. The van der Waals surface area contributed by atoms with Gasteiger partial charge in [0.2, 0.25) is 21.8 Å². The third kappa shape index (κ3) is 9.55. The molecule has 3 heterocycles. The van der Waals surface area contributed by atoms with Crippen LogP contribution in [-0.4, -0.2) is 91.4 Å². The van der Waals surface area contributed by atoms with Crippen LogP contribution in [0.15, 0.2) is 71.1 Å². The number of rotatable bonds is 10. The summed E-state index contributed by atoms with van der Waals surface area (Å²) in [7, 11) is -2.28. The highest BCUT2D eigenvalue weighted by Crippen LogP contribution is 2.46. The first-order valence-corrected chi connectivity index (χ1v) is 24.2. The van der Waals surface area contributed by atoms with E-state index >= 15 is 4.79 Å². The predicted molar refractivity (Wildman–Crippen MR) is 234 cm³/mol. The van der Waals surface area contributed by atoms with Crippen molar-refractivity contribution in [3.8, 4) is 11.5 Å². The standard InChI is InChI=1S/C46H57N5O9S2/c1-5-30-25-46(30,43(54)50-62(56,57)33-18-19-33)49-41(52)36-22-31-26-51(36)42(53)40(28-13-8-6-9-14-28)48-44(55)59-27-45(2,3)20-12-15-29-21-34-35(23-37(29)58-4)47-39(24-38(34)60-31)61-32-16-10-7-11-17-32/h5,7,10-11,16-17,21,23-24,28,30-31,33,36,40H,1,6,8-9,12-15,18-20,22,25-27H2,2-4H3,(H,48,55)(H,49,52)(H,50,54)/t30-,31+,36-,40-,46-/m0/s1. The van der Waals surface area contributed by atoms with Crippen LogP contribution in [-0.2, 0) is 35.6 Å². The third-order valence-corrected chi connectivity index (χ3v) is 15.8. The molecule has 332 valence electrons. The number of nitrogens with zero attached hydrogens (tertiary/aromatic N) is 2. The number of hydrogen-bond acceptors (Lipinski definition) is 11. The Hall–Kier alpha value is -4.83. The van der Waals surface area contributed by atoms with Gasteiger partial charge in [0.05, 0.1) is 31.0 Å². The second-order valence-corrected chi connectivity index (χ2v) is 21.4. The molecular formula is C46H57N5O9S2. The first kappa shape index (κ1) is 43.8. The molecule has 0 radical (unpaired) electrons. The van der Waals surface area contributed by atoms with Crippen LogP contribution < -0.4 is 24.8 Å². The normalized spacial score (nSPS) is 26.9. The molecule has 14 nitrogen and oxygen atoms in total. The number of hydrogen-bond donors (Lipinski definition) is 3. The van der Waals surface area contributed by atoms with Gasteiger partial charge in [-0.2, -0.15) is 0 Å². The van der Waals surface area contributed by atoms with E-state index in [1.807, 2.05) is 62.4 Å². The molecule has 5 aliphatic rings. The molecule has 16 heteroatoms. The number of aromatic nitrogens is 1. The van der Waals surface area contributed by atoms with Crippen molar-refractivity contribution in [3.63, 3.8) is 0 Å². The number of carbonyl (C=O) groups excluding carboxylic acids is 4. The van der Waals surface area contributed by atoms with E-state index in [1.165, 1.54) is 22.7 Å². The summed E-state index contributed by atoms with van der Waals surface area (Å²) in [5.74, 6) is -1.40. The van der Waals surface area contributed by atoms with Gasteiger partial charge in [-0.1, -0.05) is 69.1 Å². The highest BCUT2D eigenvalue weighted by atomic mass is 32.2. The molecule has 3 aromatic rings. The van der Waals surface area contributed by atoms with Gasteiger partial charge in [-0.15, -0.1) is 6.58 Å². The summed E-state index contributed by atoms with van der Waals surface area (Å²) in [5, 5.41) is 6.59. The summed E-state index contributed by atoms with van der Waals surface area (Å²) >= 11 is 1.48. The zero-order chi connectivity index (χ0) is 43.8. The lowest BCUT2D eigenvalue weighted by Crippen LogP contribution is -2.59. The molecule has 0 unspecified atom stereocenters. The highest BCUT2D eigenvalue weighted by molar-refractivity contribution is 7.99. The average molecular weight is 888 g/mol. The van der Waals surface area contributed by atoms with Crippen molar-refractivity contribution in [3.05, 3.63) is 66.7 Å². The van der Waals surface area contributed by atoms with Crippen molar-refractivity contribution in [1.29, 1.82) is 0 Å². The molecule has 4 fully saturated rings. The Labute approximate surface area is 367 Å². The molecule has 4 amide bonds. The van der Waals surface area contributed by atoms with Crippen molar-refractivity contribution in [2.45, 2.75) is 130 Å². The minimum atomic E-state index is -3.92. The number of nitrogens with one attached hydrogen (secondary N) is 3. The average Bonchev–Trinajstić information content (AvgIpc) is 4.19. The number of aryl methyl sites for hydroxylation is 1. The van der Waals surface area contributed by atoms with E-state index in [0.29, 0.717) is 54.1 Å². The van der Waals surface area contributed by atoms with Gasteiger partial charge in [-0.25, -0.2) is 18.2 Å². The van der Waals surface area contributed by atoms with Crippen LogP contribution in [0.25, 0.3) is 10.9 Å². The van der Waals surface area contributed by atoms with Gasteiger partial charge in [0.25, 0.3) is 5.91 Å². The van der Waals surface area contributed by atoms with Gasteiger partial charge in [0.15, 0.2) is 0 Å². The molecule has 3 N–H and O–H groups in total. The lowest BCUT2D eigenvalue weighted by Gasteiger charge is -2.35. The van der Waals surface area contributed by atoms with Crippen molar-refractivity contribution >= 4 is 56.5 Å². The van der Waals surface area contributed by atoms with Crippen molar-refractivity contribution in [2.24, 2.45) is 17.3 Å². The van der Waals surface area contributed by atoms with Crippen LogP contribution in [0.2, 0.25) is 0 Å². The van der Waals surface area contributed by atoms with E-state index in [-0.39, 0.29) is 37.3 Å². The molecule has 8 rings (SSSR count). The van der Waals surface area contributed by atoms with Crippen LogP contribution in [0.3, 0.4) is 0 Å². The summed E-state index contributed by atoms with van der Waals surface area (Å²) in [4.78, 5) is 64.6. The van der Waals surface area contributed by atoms with Crippen LogP contribution in [0.4, 0.5) is 4.79 Å². The second kappa shape index (κ2) is 17.7. The Kier molecular flexibility index (Phi) is 12.5. The lowest BCUT2D eigenvalue weighted by molar-refractivity contribution is -0.142. The number of ether oxygens (including phenoxy) is 3. The molecular weight excluding hydrogens is 831 g/mol. The maximum atomic E-state index is 15.1. The number of amides is 4. The van der Waals surface area contributed by atoms with Crippen LogP contribution >= 0.6 is 11.8 Å². The first-order valence-electron chi connectivity index (χ1n) is 21.8. The molecule has 3 aliphatic carbocycles. The SMILES string of the molecule is C=C[C@H]1C[C@@]1(NC(=O)[C@@H]1C[C@@H]2CN1C(=O)[C@H](C1CCCCC1)NC(=O)OCC(C)(C)CCCc1cc3c(cc(Sc4ccccc4)nc3cc1OC)O2)C(=O)NS(=O)(=O)C1CC1. The second-order valence-electron chi connectivity index (χ2n) is 18.3. The van der Waals surface area contributed by atoms with Gasteiger partial charge < -0.3 is 29.7 Å². The molecule has 4 bridgehead atoms. The number of alkyl carbamates (subject to hydrolysis) is 1. The Morgan fingerprint density at radius 1 is 1.05 bits per heavy atom. The minimum Gasteiger partial charge on any atom is -0.496 e. The lowest BCUT2D eigenvalue weighted by atomic mass is 9.83. The summed E-state index contributed by atoms with van der Waals surface area (Å²) in [6.07, 6.45) is 7.68. The van der Waals surface area contributed by atoms with E-state index < -0.39 is 68.7 Å². The Morgan fingerprint density at radius 2 is 1.81 bits per heavy atom. The highest BCUT2D eigenvalue weighted by Gasteiger charge is 2.62. The molecule has 1 saturated heterocycles. The minimum absolute atomic E-state index is 0.00195. The fourth-order valence-corrected chi connectivity index (χ4v) is 11.5. The molecule has 2 aliphatic heterocycles. The molecule has 2 aromatic carbocycles.